The third kappa shape index (κ3) is 4.84. The van der Waals surface area contributed by atoms with E-state index in [4.69, 9.17) is 0 Å². The lowest BCUT2D eigenvalue weighted by atomic mass is 10.0. The van der Waals surface area contributed by atoms with Crippen LogP contribution in [0.2, 0.25) is 0 Å². The van der Waals surface area contributed by atoms with Gasteiger partial charge in [-0.25, -0.2) is 14.4 Å². The van der Waals surface area contributed by atoms with Crippen molar-refractivity contribution >= 4 is 17.8 Å². The Morgan fingerprint density at radius 1 is 1.48 bits per heavy atom. The molecular weight excluding hydrogens is 293 g/mol. The summed E-state index contributed by atoms with van der Waals surface area (Å²) in [6, 6.07) is 0. The number of nitrogens with zero attached hydrogens (tertiary/aromatic N) is 3. The minimum absolute atomic E-state index is 0.0457. The highest BCUT2D eigenvalue weighted by Gasteiger charge is 2.21. The van der Waals surface area contributed by atoms with Gasteiger partial charge in [0.15, 0.2) is 0 Å². The van der Waals surface area contributed by atoms with Crippen LogP contribution in [0.5, 0.6) is 0 Å². The summed E-state index contributed by atoms with van der Waals surface area (Å²) in [5.74, 6) is 0.304. The molecule has 1 aromatic heterocycles. The van der Waals surface area contributed by atoms with Crippen molar-refractivity contribution in [2.75, 3.05) is 18.0 Å². The maximum atomic E-state index is 13.6. The number of halogens is 1. The molecule has 1 aliphatic rings. The standard InChI is InChI=1S/C18H22FN3O/c1-3-4-7-17(19)9-14(2)16-10-20-18(21-11-16)22-8-5-6-15(12-22)13-23/h4,7,9-11,13,15H,2-3,5-6,8,12H2,1H3/b7-4-,17-9+. The summed E-state index contributed by atoms with van der Waals surface area (Å²) in [5.41, 5.74) is 1.21. The molecule has 1 aromatic rings. The van der Waals surface area contributed by atoms with Gasteiger partial charge in [0.1, 0.15) is 12.1 Å². The molecular formula is C18H22FN3O. The highest BCUT2D eigenvalue weighted by atomic mass is 19.1. The van der Waals surface area contributed by atoms with Gasteiger partial charge in [-0.05, 0) is 37.0 Å². The van der Waals surface area contributed by atoms with Crippen molar-refractivity contribution in [2.45, 2.75) is 26.2 Å². The van der Waals surface area contributed by atoms with Crippen LogP contribution < -0.4 is 4.90 Å². The molecule has 5 heteroatoms. The lowest BCUT2D eigenvalue weighted by molar-refractivity contribution is -0.111. The SMILES string of the molecule is C=C(/C=C(F)\C=C/CC)c1cnc(N2CCCC(C=O)C2)nc1. The number of carbonyl (C=O) groups excluding carboxylic acids is 1. The lowest BCUT2D eigenvalue weighted by Crippen LogP contribution is -2.37. The molecule has 1 saturated heterocycles. The van der Waals surface area contributed by atoms with Gasteiger partial charge in [0, 0.05) is 37.0 Å². The number of piperidine rings is 1. The van der Waals surface area contributed by atoms with Gasteiger partial charge in [0.25, 0.3) is 0 Å². The number of aldehydes is 1. The van der Waals surface area contributed by atoms with Crippen LogP contribution in [0, 0.1) is 5.92 Å². The van der Waals surface area contributed by atoms with Crippen LogP contribution in [0.25, 0.3) is 5.57 Å². The van der Waals surface area contributed by atoms with Crippen LogP contribution in [0.1, 0.15) is 31.7 Å². The largest absolute Gasteiger partial charge is 0.340 e. The molecule has 2 heterocycles. The Balaban J connectivity index is 2.05. The van der Waals surface area contributed by atoms with Crippen molar-refractivity contribution < 1.29 is 9.18 Å². The van der Waals surface area contributed by atoms with E-state index in [1.54, 1.807) is 18.5 Å². The number of aromatic nitrogens is 2. The maximum Gasteiger partial charge on any atom is 0.225 e. The number of allylic oxidation sites excluding steroid dienone is 5. The fourth-order valence-corrected chi connectivity index (χ4v) is 2.48. The van der Waals surface area contributed by atoms with Crippen molar-refractivity contribution in [3.8, 4) is 0 Å². The van der Waals surface area contributed by atoms with Gasteiger partial charge in [-0.2, -0.15) is 0 Å². The van der Waals surface area contributed by atoms with Gasteiger partial charge in [0.2, 0.25) is 5.95 Å². The van der Waals surface area contributed by atoms with E-state index in [2.05, 4.69) is 16.5 Å². The first kappa shape index (κ1) is 17.1. The van der Waals surface area contributed by atoms with Crippen molar-refractivity contribution in [1.29, 1.82) is 0 Å². The Morgan fingerprint density at radius 3 is 2.87 bits per heavy atom. The predicted octanol–water partition coefficient (Wildman–Crippen LogP) is 3.72. The van der Waals surface area contributed by atoms with Crippen molar-refractivity contribution in [3.05, 3.63) is 48.6 Å². The molecule has 23 heavy (non-hydrogen) atoms. The molecule has 0 saturated carbocycles. The predicted molar refractivity (Wildman–Crippen MR) is 90.7 cm³/mol. The van der Waals surface area contributed by atoms with Crippen molar-refractivity contribution in [3.63, 3.8) is 0 Å². The van der Waals surface area contributed by atoms with Gasteiger partial charge < -0.3 is 9.69 Å². The quantitative estimate of drug-likeness (QED) is 0.593. The van der Waals surface area contributed by atoms with Crippen molar-refractivity contribution in [1.82, 2.24) is 9.97 Å². The fourth-order valence-electron chi connectivity index (χ4n) is 2.48. The zero-order chi connectivity index (χ0) is 16.7. The van der Waals surface area contributed by atoms with Crippen molar-refractivity contribution in [2.24, 2.45) is 5.92 Å². The second kappa shape index (κ2) is 8.36. The summed E-state index contributed by atoms with van der Waals surface area (Å²) in [7, 11) is 0. The maximum absolute atomic E-state index is 13.6. The normalized spacial score (nSPS) is 19.1. The Hall–Kier alpha value is -2.30. The topological polar surface area (TPSA) is 46.1 Å². The van der Waals surface area contributed by atoms with Crippen LogP contribution in [0.4, 0.5) is 10.3 Å². The van der Waals surface area contributed by atoms with Crippen LogP contribution in [-0.4, -0.2) is 29.3 Å². The van der Waals surface area contributed by atoms with E-state index < -0.39 is 0 Å². The summed E-state index contributed by atoms with van der Waals surface area (Å²) in [5, 5.41) is 0. The summed E-state index contributed by atoms with van der Waals surface area (Å²) >= 11 is 0. The monoisotopic (exact) mass is 315 g/mol. The van der Waals surface area contributed by atoms with Gasteiger partial charge >= 0.3 is 0 Å². The van der Waals surface area contributed by atoms with Gasteiger partial charge in [-0.1, -0.05) is 19.6 Å². The number of hydrogen-bond donors (Lipinski definition) is 0. The highest BCUT2D eigenvalue weighted by Crippen LogP contribution is 2.21. The molecule has 0 amide bonds. The molecule has 2 rings (SSSR count). The average molecular weight is 315 g/mol. The van der Waals surface area contributed by atoms with Gasteiger partial charge in [-0.3, -0.25) is 0 Å². The van der Waals surface area contributed by atoms with E-state index in [0.717, 1.165) is 32.1 Å². The van der Waals surface area contributed by atoms with E-state index in [1.165, 1.54) is 12.2 Å². The van der Waals surface area contributed by atoms with Crippen LogP contribution in [-0.2, 0) is 4.79 Å². The van der Waals surface area contributed by atoms with Crippen LogP contribution >= 0.6 is 0 Å². The number of rotatable bonds is 6. The Morgan fingerprint density at radius 2 is 2.22 bits per heavy atom. The molecule has 0 N–H and O–H groups in total. The Bertz CT molecular complexity index is 607. The van der Waals surface area contributed by atoms with Gasteiger partial charge in [0.05, 0.1) is 0 Å². The summed E-state index contributed by atoms with van der Waals surface area (Å²) < 4.78 is 13.6. The summed E-state index contributed by atoms with van der Waals surface area (Å²) in [6.45, 7) is 7.30. The Kier molecular flexibility index (Phi) is 6.20. The fraction of sp³-hybridized carbons (Fsp3) is 0.389. The smallest absolute Gasteiger partial charge is 0.225 e. The number of hydrogen-bond acceptors (Lipinski definition) is 4. The number of anilines is 1. The first-order chi connectivity index (χ1) is 11.1. The Labute approximate surface area is 136 Å². The molecule has 0 bridgehead atoms. The average Bonchev–Trinajstić information content (AvgIpc) is 2.60. The van der Waals surface area contributed by atoms with E-state index in [1.807, 2.05) is 11.8 Å². The molecule has 1 fully saturated rings. The molecule has 4 nitrogen and oxygen atoms in total. The minimum atomic E-state index is -0.342. The second-order valence-electron chi connectivity index (χ2n) is 5.62. The zero-order valence-electron chi connectivity index (χ0n) is 13.4. The van der Waals surface area contributed by atoms with E-state index >= 15 is 0 Å². The molecule has 0 aromatic carbocycles. The first-order valence-electron chi connectivity index (χ1n) is 7.89. The van der Waals surface area contributed by atoms with E-state index in [9.17, 15) is 9.18 Å². The van der Waals surface area contributed by atoms with Gasteiger partial charge in [-0.15, -0.1) is 0 Å². The first-order valence-corrected chi connectivity index (χ1v) is 7.89. The van der Waals surface area contributed by atoms with Crippen LogP contribution in [0.3, 0.4) is 0 Å². The minimum Gasteiger partial charge on any atom is -0.340 e. The zero-order valence-corrected chi connectivity index (χ0v) is 13.4. The summed E-state index contributed by atoms with van der Waals surface area (Å²) in [4.78, 5) is 21.6. The molecule has 1 aliphatic heterocycles. The highest BCUT2D eigenvalue weighted by molar-refractivity contribution is 5.72. The second-order valence-corrected chi connectivity index (χ2v) is 5.62. The molecule has 122 valence electrons. The molecule has 0 radical (unpaired) electrons. The van der Waals surface area contributed by atoms with Crippen LogP contribution in [0.15, 0.2) is 43.0 Å². The van der Waals surface area contributed by atoms with E-state index in [-0.39, 0.29) is 11.7 Å². The lowest BCUT2D eigenvalue weighted by Gasteiger charge is -2.30. The molecule has 1 atom stereocenters. The molecule has 1 unspecified atom stereocenters. The molecule has 0 spiro atoms. The number of carbonyl (C=O) groups is 1. The summed E-state index contributed by atoms with van der Waals surface area (Å²) in [6.07, 6.45) is 11.5. The third-order valence-corrected chi connectivity index (χ3v) is 3.77. The van der Waals surface area contributed by atoms with E-state index in [0.29, 0.717) is 23.6 Å². The third-order valence-electron chi connectivity index (χ3n) is 3.77. The molecule has 0 aliphatic carbocycles.